The fourth-order valence-corrected chi connectivity index (χ4v) is 2.77. The summed E-state index contributed by atoms with van der Waals surface area (Å²) in [7, 11) is 0. The third-order valence-electron chi connectivity index (χ3n) is 3.52. The summed E-state index contributed by atoms with van der Waals surface area (Å²) in [5, 5.41) is 0. The maximum Gasteiger partial charge on any atom is 0.145 e. The lowest BCUT2D eigenvalue weighted by molar-refractivity contribution is 0.00902. The van der Waals surface area contributed by atoms with Crippen LogP contribution in [-0.4, -0.2) is 12.7 Å². The summed E-state index contributed by atoms with van der Waals surface area (Å²) < 4.78 is 33.4. The van der Waals surface area contributed by atoms with Gasteiger partial charge in [-0.1, -0.05) is 0 Å². The molecule has 0 saturated carbocycles. The molecule has 1 aliphatic rings. The van der Waals surface area contributed by atoms with E-state index >= 15 is 0 Å². The van der Waals surface area contributed by atoms with E-state index in [0.29, 0.717) is 6.42 Å². The molecule has 2 atom stereocenters. The van der Waals surface area contributed by atoms with E-state index in [9.17, 15) is 8.78 Å². The van der Waals surface area contributed by atoms with Crippen LogP contribution in [0.4, 0.5) is 8.78 Å². The van der Waals surface area contributed by atoms with Gasteiger partial charge in [0.15, 0.2) is 0 Å². The predicted molar refractivity (Wildman–Crippen MR) is 73.8 cm³/mol. The maximum atomic E-state index is 13.9. The Morgan fingerprint density at radius 2 is 2.16 bits per heavy atom. The largest absolute Gasteiger partial charge is 0.378 e. The van der Waals surface area contributed by atoms with Crippen molar-refractivity contribution in [2.45, 2.75) is 44.2 Å². The van der Waals surface area contributed by atoms with E-state index in [1.807, 2.05) is 0 Å². The average molecular weight is 334 g/mol. The van der Waals surface area contributed by atoms with Crippen LogP contribution in [0.15, 0.2) is 16.6 Å². The Balaban J connectivity index is 1.99. The predicted octanol–water partition coefficient (Wildman–Crippen LogP) is 4.08. The molecule has 0 radical (unpaired) electrons. The molecule has 2 nitrogen and oxygen atoms in total. The van der Waals surface area contributed by atoms with Crippen LogP contribution in [0.5, 0.6) is 0 Å². The van der Waals surface area contributed by atoms with Crippen molar-refractivity contribution in [3.8, 4) is 0 Å². The van der Waals surface area contributed by atoms with Crippen LogP contribution in [-0.2, 0) is 4.74 Å². The molecule has 5 heteroatoms. The molecular weight excluding hydrogens is 316 g/mol. The third kappa shape index (κ3) is 3.74. The smallest absolute Gasteiger partial charge is 0.145 e. The van der Waals surface area contributed by atoms with Gasteiger partial charge in [0.05, 0.1) is 10.6 Å². The van der Waals surface area contributed by atoms with Gasteiger partial charge >= 0.3 is 0 Å². The van der Waals surface area contributed by atoms with Crippen molar-refractivity contribution in [3.05, 3.63) is 33.8 Å². The second-order valence-electron chi connectivity index (χ2n) is 4.93. The SMILES string of the molecule is NC(CCC1CCCCO1)c1c(F)ccc(Br)c1F. The fraction of sp³-hybridized carbons (Fsp3) is 0.571. The molecule has 2 N–H and O–H groups in total. The molecule has 1 heterocycles. The lowest BCUT2D eigenvalue weighted by atomic mass is 9.97. The third-order valence-corrected chi connectivity index (χ3v) is 4.14. The zero-order chi connectivity index (χ0) is 13.8. The normalized spacial score (nSPS) is 21.4. The minimum absolute atomic E-state index is 0.0369. The van der Waals surface area contributed by atoms with Crippen molar-refractivity contribution in [1.82, 2.24) is 0 Å². The summed E-state index contributed by atoms with van der Waals surface area (Å²) >= 11 is 3.05. The van der Waals surface area contributed by atoms with Crippen molar-refractivity contribution in [1.29, 1.82) is 0 Å². The van der Waals surface area contributed by atoms with Gasteiger partial charge in [-0.25, -0.2) is 8.78 Å². The van der Waals surface area contributed by atoms with E-state index in [0.717, 1.165) is 32.3 Å². The van der Waals surface area contributed by atoms with Crippen molar-refractivity contribution < 1.29 is 13.5 Å². The first-order valence-electron chi connectivity index (χ1n) is 6.60. The van der Waals surface area contributed by atoms with E-state index in [-0.39, 0.29) is 16.1 Å². The molecule has 19 heavy (non-hydrogen) atoms. The van der Waals surface area contributed by atoms with E-state index in [4.69, 9.17) is 10.5 Å². The lowest BCUT2D eigenvalue weighted by Gasteiger charge is -2.24. The Morgan fingerprint density at radius 3 is 2.84 bits per heavy atom. The monoisotopic (exact) mass is 333 g/mol. The summed E-state index contributed by atoms with van der Waals surface area (Å²) in [6, 6.07) is 1.95. The number of rotatable bonds is 4. The number of halogens is 3. The molecule has 1 aromatic carbocycles. The van der Waals surface area contributed by atoms with Crippen LogP contribution in [0, 0.1) is 11.6 Å². The first-order valence-corrected chi connectivity index (χ1v) is 7.39. The van der Waals surface area contributed by atoms with Gasteiger partial charge in [-0.05, 0) is 60.2 Å². The number of hydrogen-bond acceptors (Lipinski definition) is 2. The van der Waals surface area contributed by atoms with E-state index < -0.39 is 17.7 Å². The Kier molecular flexibility index (Phi) is 5.30. The number of hydrogen-bond donors (Lipinski definition) is 1. The molecule has 1 saturated heterocycles. The topological polar surface area (TPSA) is 35.2 Å². The summed E-state index contributed by atoms with van der Waals surface area (Å²) in [6.45, 7) is 0.777. The zero-order valence-corrected chi connectivity index (χ0v) is 12.3. The summed E-state index contributed by atoms with van der Waals surface area (Å²) in [5.74, 6) is -1.19. The van der Waals surface area contributed by atoms with Crippen molar-refractivity contribution >= 4 is 15.9 Å². The van der Waals surface area contributed by atoms with Crippen molar-refractivity contribution in [3.63, 3.8) is 0 Å². The molecule has 2 unspecified atom stereocenters. The van der Waals surface area contributed by atoms with Crippen LogP contribution < -0.4 is 5.73 Å². The van der Waals surface area contributed by atoms with Gasteiger partial charge in [0.1, 0.15) is 11.6 Å². The summed E-state index contributed by atoms with van der Waals surface area (Å²) in [4.78, 5) is 0. The molecule has 0 aliphatic carbocycles. The first-order chi connectivity index (χ1) is 9.09. The molecule has 106 valence electrons. The van der Waals surface area contributed by atoms with Crippen LogP contribution >= 0.6 is 15.9 Å². The Hall–Kier alpha value is -0.520. The van der Waals surface area contributed by atoms with Gasteiger partial charge in [0.2, 0.25) is 0 Å². The number of ether oxygens (including phenoxy) is 1. The first kappa shape index (κ1) is 14.9. The highest BCUT2D eigenvalue weighted by atomic mass is 79.9. The standard InChI is InChI=1S/C14H18BrF2NO/c15-10-5-6-11(16)13(14(10)17)12(18)7-4-9-3-1-2-8-19-9/h5-6,9,12H,1-4,7-8,18H2. The van der Waals surface area contributed by atoms with Gasteiger partial charge in [-0.15, -0.1) is 0 Å². The molecule has 1 aromatic rings. The highest BCUT2D eigenvalue weighted by Crippen LogP contribution is 2.29. The molecule has 0 bridgehead atoms. The molecule has 0 aromatic heterocycles. The van der Waals surface area contributed by atoms with E-state index in [1.165, 1.54) is 12.1 Å². The van der Waals surface area contributed by atoms with Crippen LogP contribution in [0.3, 0.4) is 0 Å². The minimum Gasteiger partial charge on any atom is -0.378 e. The van der Waals surface area contributed by atoms with Crippen LogP contribution in [0.1, 0.15) is 43.7 Å². The fourth-order valence-electron chi connectivity index (χ4n) is 2.43. The van der Waals surface area contributed by atoms with Gasteiger partial charge in [0.25, 0.3) is 0 Å². The molecule has 0 spiro atoms. The maximum absolute atomic E-state index is 13.9. The quantitative estimate of drug-likeness (QED) is 0.842. The van der Waals surface area contributed by atoms with Crippen molar-refractivity contribution in [2.75, 3.05) is 6.61 Å². The summed E-state index contributed by atoms with van der Waals surface area (Å²) in [6.07, 6.45) is 4.70. The van der Waals surface area contributed by atoms with Crippen LogP contribution in [0.2, 0.25) is 0 Å². The molecule has 0 amide bonds. The van der Waals surface area contributed by atoms with E-state index in [1.54, 1.807) is 0 Å². The molecule has 2 rings (SSSR count). The Morgan fingerprint density at radius 1 is 1.37 bits per heavy atom. The Bertz CT molecular complexity index is 436. The van der Waals surface area contributed by atoms with E-state index in [2.05, 4.69) is 15.9 Å². The van der Waals surface area contributed by atoms with Gasteiger partial charge in [0, 0.05) is 18.2 Å². The minimum atomic E-state index is -0.636. The number of benzene rings is 1. The molecular formula is C14H18BrF2NO. The van der Waals surface area contributed by atoms with Crippen molar-refractivity contribution in [2.24, 2.45) is 5.73 Å². The highest BCUT2D eigenvalue weighted by Gasteiger charge is 2.21. The average Bonchev–Trinajstić information content (AvgIpc) is 2.42. The molecule has 1 fully saturated rings. The Labute approximate surface area is 120 Å². The summed E-state index contributed by atoms with van der Waals surface area (Å²) in [5.41, 5.74) is 5.89. The zero-order valence-electron chi connectivity index (χ0n) is 10.7. The van der Waals surface area contributed by atoms with Gasteiger partial charge in [-0.3, -0.25) is 0 Å². The second-order valence-corrected chi connectivity index (χ2v) is 5.78. The molecule has 1 aliphatic heterocycles. The second kappa shape index (κ2) is 6.77. The lowest BCUT2D eigenvalue weighted by Crippen LogP contribution is -2.22. The number of nitrogens with two attached hydrogens (primary N) is 1. The van der Waals surface area contributed by atoms with Crippen LogP contribution in [0.25, 0.3) is 0 Å². The van der Waals surface area contributed by atoms with Gasteiger partial charge < -0.3 is 10.5 Å². The highest BCUT2D eigenvalue weighted by molar-refractivity contribution is 9.10. The van der Waals surface area contributed by atoms with Gasteiger partial charge in [-0.2, -0.15) is 0 Å².